The van der Waals surface area contributed by atoms with Gasteiger partial charge in [-0.25, -0.2) is 0 Å². The standard InChI is InChI=1S/C15H16F5NO2/c1-9(10-2-4-11(5-3-10)15(18,19)20)6-13(22)21-7-12(8-21)23-14(16)17/h2-5,9,12,14H,6-8H2,1H3/t9-/m1/s1. The van der Waals surface area contributed by atoms with Crippen LogP contribution in [0.4, 0.5) is 22.0 Å². The van der Waals surface area contributed by atoms with Gasteiger partial charge in [-0.05, 0) is 23.6 Å². The van der Waals surface area contributed by atoms with Crippen molar-refractivity contribution in [2.75, 3.05) is 13.1 Å². The Morgan fingerprint density at radius 1 is 1.26 bits per heavy atom. The molecule has 0 unspecified atom stereocenters. The van der Waals surface area contributed by atoms with E-state index in [1.807, 2.05) is 0 Å². The van der Waals surface area contributed by atoms with E-state index < -0.39 is 24.5 Å². The summed E-state index contributed by atoms with van der Waals surface area (Å²) in [4.78, 5) is 13.4. The predicted octanol–water partition coefficient (Wildman–Crippen LogP) is 3.65. The topological polar surface area (TPSA) is 29.5 Å². The molecule has 0 aromatic heterocycles. The first-order chi connectivity index (χ1) is 10.7. The molecule has 1 fully saturated rings. The fraction of sp³-hybridized carbons (Fsp3) is 0.533. The second-order valence-electron chi connectivity index (χ2n) is 5.54. The number of carbonyl (C=O) groups excluding carboxylic acids is 1. The summed E-state index contributed by atoms with van der Waals surface area (Å²) in [5, 5.41) is 0. The van der Waals surface area contributed by atoms with E-state index in [1.54, 1.807) is 6.92 Å². The summed E-state index contributed by atoms with van der Waals surface area (Å²) in [5.41, 5.74) is -0.123. The number of ether oxygens (including phenoxy) is 1. The van der Waals surface area contributed by atoms with Gasteiger partial charge in [-0.2, -0.15) is 22.0 Å². The molecule has 0 radical (unpaired) electrons. The minimum atomic E-state index is -4.39. The first kappa shape index (κ1) is 17.7. The molecule has 1 heterocycles. The van der Waals surface area contributed by atoms with Gasteiger partial charge in [0.2, 0.25) is 5.91 Å². The first-order valence-corrected chi connectivity index (χ1v) is 7.05. The number of carbonyl (C=O) groups is 1. The second-order valence-corrected chi connectivity index (χ2v) is 5.54. The summed E-state index contributed by atoms with van der Waals surface area (Å²) < 4.78 is 65.7. The first-order valence-electron chi connectivity index (χ1n) is 7.05. The summed E-state index contributed by atoms with van der Waals surface area (Å²) in [6.45, 7) is -0.900. The average molecular weight is 337 g/mol. The maximum atomic E-state index is 12.5. The van der Waals surface area contributed by atoms with E-state index in [9.17, 15) is 26.7 Å². The molecule has 23 heavy (non-hydrogen) atoms. The lowest BCUT2D eigenvalue weighted by atomic mass is 9.95. The van der Waals surface area contributed by atoms with Crippen LogP contribution in [-0.4, -0.2) is 36.6 Å². The summed E-state index contributed by atoms with van der Waals surface area (Å²) in [6.07, 6.45) is -4.94. The molecular weight excluding hydrogens is 321 g/mol. The van der Waals surface area contributed by atoms with Gasteiger partial charge >= 0.3 is 12.8 Å². The smallest absolute Gasteiger partial charge is 0.337 e. The normalized spacial score (nSPS) is 17.3. The van der Waals surface area contributed by atoms with Gasteiger partial charge in [0, 0.05) is 19.5 Å². The zero-order valence-corrected chi connectivity index (χ0v) is 12.3. The van der Waals surface area contributed by atoms with Crippen molar-refractivity contribution in [3.05, 3.63) is 35.4 Å². The minimum Gasteiger partial charge on any atom is -0.337 e. The fourth-order valence-corrected chi connectivity index (χ4v) is 2.38. The quantitative estimate of drug-likeness (QED) is 0.768. The molecule has 0 aliphatic carbocycles. The Morgan fingerprint density at radius 2 is 1.83 bits per heavy atom. The van der Waals surface area contributed by atoms with Crippen LogP contribution in [0, 0.1) is 0 Å². The van der Waals surface area contributed by atoms with E-state index in [4.69, 9.17) is 0 Å². The number of benzene rings is 1. The lowest BCUT2D eigenvalue weighted by Gasteiger charge is -2.39. The highest BCUT2D eigenvalue weighted by Crippen LogP contribution is 2.31. The van der Waals surface area contributed by atoms with Crippen LogP contribution >= 0.6 is 0 Å². The van der Waals surface area contributed by atoms with Crippen molar-refractivity contribution in [3.8, 4) is 0 Å². The molecule has 1 aliphatic rings. The Morgan fingerprint density at radius 3 is 2.30 bits per heavy atom. The summed E-state index contributed by atoms with van der Waals surface area (Å²) >= 11 is 0. The van der Waals surface area contributed by atoms with Crippen molar-refractivity contribution >= 4 is 5.91 Å². The molecule has 3 nitrogen and oxygen atoms in total. The Labute approximate surface area is 130 Å². The molecule has 2 rings (SSSR count). The monoisotopic (exact) mass is 337 g/mol. The third kappa shape index (κ3) is 4.63. The summed E-state index contributed by atoms with van der Waals surface area (Å²) in [7, 11) is 0. The lowest BCUT2D eigenvalue weighted by Crippen LogP contribution is -2.55. The van der Waals surface area contributed by atoms with Crippen LogP contribution < -0.4 is 0 Å². The van der Waals surface area contributed by atoms with Crippen LogP contribution in [0.5, 0.6) is 0 Å². The average Bonchev–Trinajstić information content (AvgIpc) is 2.41. The zero-order chi connectivity index (χ0) is 17.2. The van der Waals surface area contributed by atoms with E-state index in [2.05, 4.69) is 4.74 Å². The highest BCUT2D eigenvalue weighted by Gasteiger charge is 2.34. The highest BCUT2D eigenvalue weighted by molar-refractivity contribution is 5.78. The highest BCUT2D eigenvalue weighted by atomic mass is 19.4. The van der Waals surface area contributed by atoms with Gasteiger partial charge in [-0.1, -0.05) is 19.1 Å². The van der Waals surface area contributed by atoms with Crippen molar-refractivity contribution in [2.24, 2.45) is 0 Å². The Bertz CT molecular complexity index is 538. The third-order valence-electron chi connectivity index (χ3n) is 3.78. The Balaban J connectivity index is 1.85. The number of alkyl halides is 5. The molecule has 0 N–H and O–H groups in total. The molecule has 0 saturated carbocycles. The summed E-state index contributed by atoms with van der Waals surface area (Å²) in [6, 6.07) is 4.65. The fourth-order valence-electron chi connectivity index (χ4n) is 2.38. The van der Waals surface area contributed by atoms with Gasteiger partial charge in [-0.15, -0.1) is 0 Å². The predicted molar refractivity (Wildman–Crippen MR) is 71.9 cm³/mol. The van der Waals surface area contributed by atoms with Gasteiger partial charge in [-0.3, -0.25) is 4.79 Å². The van der Waals surface area contributed by atoms with Crippen LogP contribution in [0.2, 0.25) is 0 Å². The number of nitrogens with zero attached hydrogens (tertiary/aromatic N) is 1. The van der Waals surface area contributed by atoms with Gasteiger partial charge in [0.1, 0.15) is 0 Å². The third-order valence-corrected chi connectivity index (χ3v) is 3.78. The maximum absolute atomic E-state index is 12.5. The molecular formula is C15H16F5NO2. The molecule has 128 valence electrons. The van der Waals surface area contributed by atoms with Crippen LogP contribution in [0.3, 0.4) is 0 Å². The maximum Gasteiger partial charge on any atom is 0.416 e. The SMILES string of the molecule is C[C@H](CC(=O)N1CC(OC(F)F)C1)c1ccc(C(F)(F)F)cc1. The molecule has 0 spiro atoms. The van der Waals surface area contributed by atoms with E-state index in [0.29, 0.717) is 5.56 Å². The van der Waals surface area contributed by atoms with Crippen LogP contribution in [0.1, 0.15) is 30.4 Å². The molecule has 1 saturated heterocycles. The van der Waals surface area contributed by atoms with Crippen LogP contribution in [0.15, 0.2) is 24.3 Å². The molecule has 8 heteroatoms. The van der Waals surface area contributed by atoms with Crippen molar-refractivity contribution < 1.29 is 31.5 Å². The Kier molecular flexibility index (Phi) is 5.23. The van der Waals surface area contributed by atoms with E-state index in [0.717, 1.165) is 12.1 Å². The molecule has 1 aliphatic heterocycles. The van der Waals surface area contributed by atoms with E-state index >= 15 is 0 Å². The number of hydrogen-bond donors (Lipinski definition) is 0. The van der Waals surface area contributed by atoms with Crippen molar-refractivity contribution in [3.63, 3.8) is 0 Å². The number of halogens is 5. The van der Waals surface area contributed by atoms with Gasteiger partial charge < -0.3 is 9.64 Å². The second kappa shape index (κ2) is 6.82. The molecule has 1 aromatic rings. The zero-order valence-electron chi connectivity index (χ0n) is 12.3. The molecule has 1 atom stereocenters. The van der Waals surface area contributed by atoms with Crippen molar-refractivity contribution in [1.82, 2.24) is 4.90 Å². The van der Waals surface area contributed by atoms with Crippen LogP contribution in [0.25, 0.3) is 0 Å². The van der Waals surface area contributed by atoms with Crippen molar-refractivity contribution in [1.29, 1.82) is 0 Å². The molecule has 1 aromatic carbocycles. The van der Waals surface area contributed by atoms with E-state index in [1.165, 1.54) is 17.0 Å². The summed E-state index contributed by atoms with van der Waals surface area (Å²) in [5.74, 6) is -0.494. The van der Waals surface area contributed by atoms with E-state index in [-0.39, 0.29) is 31.3 Å². The minimum absolute atomic E-state index is 0.104. The van der Waals surface area contributed by atoms with Gasteiger partial charge in [0.15, 0.2) is 0 Å². The molecule has 0 bridgehead atoms. The Hall–Kier alpha value is -1.70. The number of likely N-dealkylation sites (tertiary alicyclic amines) is 1. The van der Waals surface area contributed by atoms with Gasteiger partial charge in [0.05, 0.1) is 11.7 Å². The largest absolute Gasteiger partial charge is 0.416 e. The van der Waals surface area contributed by atoms with Crippen LogP contribution in [-0.2, 0) is 15.7 Å². The number of amides is 1. The van der Waals surface area contributed by atoms with Gasteiger partial charge in [0.25, 0.3) is 0 Å². The number of rotatable bonds is 5. The van der Waals surface area contributed by atoms with Crippen molar-refractivity contribution in [2.45, 2.75) is 38.2 Å². The molecule has 1 amide bonds. The lowest BCUT2D eigenvalue weighted by molar-refractivity contribution is -0.199. The number of hydrogen-bond acceptors (Lipinski definition) is 2.